The van der Waals surface area contributed by atoms with Crippen molar-refractivity contribution in [1.82, 2.24) is 9.88 Å². The van der Waals surface area contributed by atoms with Crippen LogP contribution in [-0.4, -0.2) is 44.5 Å². The lowest BCUT2D eigenvalue weighted by atomic mass is 10.1. The number of aromatic nitrogens is 1. The second-order valence-corrected chi connectivity index (χ2v) is 5.71. The second-order valence-electron chi connectivity index (χ2n) is 4.71. The number of fused-ring (bicyclic) bond motifs is 1. The number of nitrogens with one attached hydrogen (secondary N) is 1. The van der Waals surface area contributed by atoms with Gasteiger partial charge in [0.25, 0.3) is 5.91 Å². The normalized spacial score (nSPS) is 18.1. The predicted molar refractivity (Wildman–Crippen MR) is 79.5 cm³/mol. The Morgan fingerprint density at radius 3 is 2.86 bits per heavy atom. The van der Waals surface area contributed by atoms with Crippen LogP contribution in [0.25, 0.3) is 10.9 Å². The molecule has 21 heavy (non-hydrogen) atoms. The number of aliphatic carboxylic acids is 1. The van der Waals surface area contributed by atoms with E-state index in [1.165, 1.54) is 22.9 Å². The van der Waals surface area contributed by atoms with E-state index in [1.807, 2.05) is 0 Å². The van der Waals surface area contributed by atoms with Gasteiger partial charge in [0.1, 0.15) is 11.6 Å². The van der Waals surface area contributed by atoms with Crippen molar-refractivity contribution in [2.45, 2.75) is 6.04 Å². The van der Waals surface area contributed by atoms with Crippen LogP contribution < -0.4 is 5.43 Å². The number of H-pyrrole nitrogens is 1. The number of benzene rings is 1. The van der Waals surface area contributed by atoms with Gasteiger partial charge in [-0.2, -0.15) is 0 Å². The molecule has 2 heterocycles. The minimum absolute atomic E-state index is 0.0255. The first kappa shape index (κ1) is 13.7. The molecular weight excluding hydrogens is 292 g/mol. The third-order valence-corrected chi connectivity index (χ3v) is 4.46. The fraction of sp³-hybridized carbons (Fsp3) is 0.214. The lowest BCUT2D eigenvalue weighted by Gasteiger charge is -2.20. The molecule has 2 N–H and O–H groups in total. The Labute approximate surface area is 123 Å². The van der Waals surface area contributed by atoms with Crippen molar-refractivity contribution in [3.63, 3.8) is 0 Å². The highest BCUT2D eigenvalue weighted by molar-refractivity contribution is 7.99. The molecule has 1 aliphatic heterocycles. The molecule has 1 fully saturated rings. The van der Waals surface area contributed by atoms with Crippen molar-refractivity contribution in [2.75, 3.05) is 11.6 Å². The minimum Gasteiger partial charge on any atom is -0.480 e. The largest absolute Gasteiger partial charge is 0.480 e. The van der Waals surface area contributed by atoms with Crippen LogP contribution in [0.1, 0.15) is 10.4 Å². The number of carbonyl (C=O) groups excluding carboxylic acids is 1. The van der Waals surface area contributed by atoms with Crippen molar-refractivity contribution >= 4 is 34.5 Å². The molecule has 1 atom stereocenters. The van der Waals surface area contributed by atoms with E-state index in [0.717, 1.165) is 0 Å². The molecule has 0 radical (unpaired) electrons. The monoisotopic (exact) mass is 304 g/mol. The number of thioether (sulfide) groups is 1. The molecule has 1 aliphatic rings. The average molecular weight is 304 g/mol. The third kappa shape index (κ3) is 2.29. The molecule has 1 amide bonds. The van der Waals surface area contributed by atoms with Crippen LogP contribution in [-0.2, 0) is 4.79 Å². The summed E-state index contributed by atoms with van der Waals surface area (Å²) in [5, 5.41) is 9.55. The highest BCUT2D eigenvalue weighted by atomic mass is 32.2. The summed E-state index contributed by atoms with van der Waals surface area (Å²) in [4.78, 5) is 40.1. The van der Waals surface area contributed by atoms with Crippen LogP contribution in [0.5, 0.6) is 0 Å². The number of carboxylic acid groups (broad SMARTS) is 1. The van der Waals surface area contributed by atoms with E-state index >= 15 is 0 Å². The van der Waals surface area contributed by atoms with Crippen LogP contribution in [0.4, 0.5) is 0 Å². The first-order valence-corrected chi connectivity index (χ1v) is 7.47. The topological polar surface area (TPSA) is 90.5 Å². The molecule has 108 valence electrons. The van der Waals surface area contributed by atoms with Gasteiger partial charge in [-0.25, -0.2) is 4.79 Å². The maximum atomic E-state index is 12.5. The summed E-state index contributed by atoms with van der Waals surface area (Å²) in [6, 6.07) is 6.01. The van der Waals surface area contributed by atoms with Gasteiger partial charge in [0, 0.05) is 22.9 Å². The first-order valence-electron chi connectivity index (χ1n) is 6.31. The number of rotatable bonds is 2. The van der Waals surface area contributed by atoms with Crippen LogP contribution in [0, 0.1) is 0 Å². The Balaban J connectivity index is 2.04. The molecule has 1 saturated heterocycles. The third-order valence-electron chi connectivity index (χ3n) is 3.45. The van der Waals surface area contributed by atoms with Crippen molar-refractivity contribution in [3.05, 3.63) is 46.2 Å². The fourth-order valence-corrected chi connectivity index (χ4v) is 3.47. The Morgan fingerprint density at radius 2 is 2.10 bits per heavy atom. The number of hydrogen-bond donors (Lipinski definition) is 2. The van der Waals surface area contributed by atoms with Gasteiger partial charge in [-0.15, -0.1) is 11.8 Å². The summed E-state index contributed by atoms with van der Waals surface area (Å²) in [7, 11) is 0. The van der Waals surface area contributed by atoms with Gasteiger partial charge in [-0.05, 0) is 12.1 Å². The van der Waals surface area contributed by atoms with Crippen molar-refractivity contribution in [1.29, 1.82) is 0 Å². The molecule has 0 unspecified atom stereocenters. The molecule has 3 rings (SSSR count). The SMILES string of the molecule is O=C(O)[C@@H]1CSCN1C(=O)c1c[nH]c2ccccc2c1=O. The average Bonchev–Trinajstić information content (AvgIpc) is 2.97. The Hall–Kier alpha value is -2.28. The van der Waals surface area contributed by atoms with E-state index in [1.54, 1.807) is 24.3 Å². The lowest BCUT2D eigenvalue weighted by molar-refractivity contribution is -0.140. The zero-order valence-electron chi connectivity index (χ0n) is 10.9. The number of para-hydroxylation sites is 1. The van der Waals surface area contributed by atoms with Crippen molar-refractivity contribution in [3.8, 4) is 0 Å². The standard InChI is InChI=1S/C14H12N2O4S/c17-12-8-3-1-2-4-10(8)15-5-9(12)13(18)16-7-21-6-11(16)14(19)20/h1-5,11H,6-7H2,(H,15,17)(H,19,20)/t11-/m0/s1. The van der Waals surface area contributed by atoms with Crippen molar-refractivity contribution < 1.29 is 14.7 Å². The number of pyridine rings is 1. The molecule has 7 heteroatoms. The van der Waals surface area contributed by atoms with Gasteiger partial charge in [-0.3, -0.25) is 9.59 Å². The smallest absolute Gasteiger partial charge is 0.327 e. The summed E-state index contributed by atoms with van der Waals surface area (Å²) >= 11 is 1.36. The van der Waals surface area contributed by atoms with E-state index in [2.05, 4.69) is 4.98 Å². The van der Waals surface area contributed by atoms with Gasteiger partial charge in [0.2, 0.25) is 5.43 Å². The van der Waals surface area contributed by atoms with Gasteiger partial charge in [0.05, 0.1) is 5.88 Å². The summed E-state index contributed by atoms with van der Waals surface area (Å²) < 4.78 is 0. The first-order chi connectivity index (χ1) is 10.1. The summed E-state index contributed by atoms with van der Waals surface area (Å²) in [6.07, 6.45) is 1.36. The zero-order chi connectivity index (χ0) is 15.0. The maximum Gasteiger partial charge on any atom is 0.327 e. The number of hydrogen-bond acceptors (Lipinski definition) is 4. The Bertz CT molecular complexity index is 786. The quantitative estimate of drug-likeness (QED) is 0.868. The lowest BCUT2D eigenvalue weighted by Crippen LogP contribution is -2.43. The Kier molecular flexibility index (Phi) is 3.42. The van der Waals surface area contributed by atoms with E-state index in [9.17, 15) is 14.4 Å². The van der Waals surface area contributed by atoms with E-state index in [4.69, 9.17) is 5.11 Å². The molecule has 0 bridgehead atoms. The summed E-state index contributed by atoms with van der Waals surface area (Å²) in [5.74, 6) is -0.973. The number of nitrogens with zero attached hydrogens (tertiary/aromatic N) is 1. The summed E-state index contributed by atoms with van der Waals surface area (Å²) in [6.45, 7) is 0. The summed E-state index contributed by atoms with van der Waals surface area (Å²) in [5.41, 5.74) is 0.238. The maximum absolute atomic E-state index is 12.5. The van der Waals surface area contributed by atoms with Crippen molar-refractivity contribution in [2.24, 2.45) is 0 Å². The molecule has 2 aromatic rings. The van der Waals surface area contributed by atoms with Gasteiger partial charge >= 0.3 is 5.97 Å². The Morgan fingerprint density at radius 1 is 1.33 bits per heavy atom. The van der Waals surface area contributed by atoms with Crippen LogP contribution in [0.3, 0.4) is 0 Å². The predicted octanol–water partition coefficient (Wildman–Crippen LogP) is 1.13. The van der Waals surface area contributed by atoms with Gasteiger partial charge < -0.3 is 15.0 Å². The van der Waals surface area contributed by atoms with E-state index in [-0.39, 0.29) is 16.9 Å². The zero-order valence-corrected chi connectivity index (χ0v) is 11.7. The molecule has 0 spiro atoms. The molecule has 0 aliphatic carbocycles. The van der Waals surface area contributed by atoms with Crippen LogP contribution >= 0.6 is 11.8 Å². The van der Waals surface area contributed by atoms with Crippen LogP contribution in [0.15, 0.2) is 35.3 Å². The highest BCUT2D eigenvalue weighted by Crippen LogP contribution is 2.22. The molecule has 0 saturated carbocycles. The number of carboxylic acids is 1. The van der Waals surface area contributed by atoms with Crippen LogP contribution in [0.2, 0.25) is 0 Å². The van der Waals surface area contributed by atoms with E-state index < -0.39 is 17.9 Å². The van der Waals surface area contributed by atoms with Gasteiger partial charge in [0.15, 0.2) is 0 Å². The molecule has 1 aromatic heterocycles. The molecular formula is C14H12N2O4S. The van der Waals surface area contributed by atoms with E-state index in [0.29, 0.717) is 16.7 Å². The van der Waals surface area contributed by atoms with Gasteiger partial charge in [-0.1, -0.05) is 12.1 Å². The second kappa shape index (κ2) is 5.25. The molecule has 1 aromatic carbocycles. The number of aromatic amines is 1. The number of amides is 1. The number of carbonyl (C=O) groups is 2. The molecule has 6 nitrogen and oxygen atoms in total. The fourth-order valence-electron chi connectivity index (χ4n) is 2.33. The highest BCUT2D eigenvalue weighted by Gasteiger charge is 2.35. The minimum atomic E-state index is -1.05.